The van der Waals surface area contributed by atoms with Crippen molar-refractivity contribution in [1.29, 1.82) is 5.26 Å². The Balaban J connectivity index is 2.05. The van der Waals surface area contributed by atoms with E-state index in [1.807, 2.05) is 6.08 Å². The summed E-state index contributed by atoms with van der Waals surface area (Å²) in [6.45, 7) is 5.30. The van der Waals surface area contributed by atoms with Crippen molar-refractivity contribution in [3.05, 3.63) is 47.0 Å². The van der Waals surface area contributed by atoms with Crippen molar-refractivity contribution in [2.24, 2.45) is 5.41 Å². The molecule has 1 aromatic carbocycles. The van der Waals surface area contributed by atoms with Gasteiger partial charge in [0.05, 0.1) is 16.4 Å². The van der Waals surface area contributed by atoms with Gasteiger partial charge in [0.1, 0.15) is 0 Å². The Morgan fingerprint density at radius 3 is 2.45 bits per heavy atom. The fourth-order valence-electron chi connectivity index (χ4n) is 2.62. The fraction of sp³-hybridized carbons (Fsp3) is 0.400. The Bertz CT molecular complexity index is 537. The molecule has 1 heterocycles. The summed E-state index contributed by atoms with van der Waals surface area (Å²) in [5, 5.41) is 20.0. The van der Waals surface area contributed by atoms with Crippen LogP contribution in [0.15, 0.2) is 36.9 Å². The minimum Gasteiger partial charge on any atom is -0.371 e. The molecule has 0 bridgehead atoms. The number of rotatable bonds is 4. The minimum atomic E-state index is -0.398. The van der Waals surface area contributed by atoms with E-state index < -0.39 is 4.92 Å². The van der Waals surface area contributed by atoms with Crippen LogP contribution < -0.4 is 4.90 Å². The number of benzene rings is 1. The number of hydrogen-bond donors (Lipinski definition) is 0. The molecule has 1 fully saturated rings. The van der Waals surface area contributed by atoms with Crippen LogP contribution in [-0.2, 0) is 0 Å². The number of nitro benzene ring substituents is 1. The second-order valence-electron chi connectivity index (χ2n) is 5.15. The molecule has 1 aliphatic rings. The van der Waals surface area contributed by atoms with E-state index in [-0.39, 0.29) is 11.1 Å². The molecule has 5 heteroatoms. The average molecular weight is 271 g/mol. The Morgan fingerprint density at radius 1 is 1.40 bits per heavy atom. The number of non-ortho nitro benzene ring substituents is 1. The first kappa shape index (κ1) is 14.1. The van der Waals surface area contributed by atoms with Gasteiger partial charge in [0.25, 0.3) is 5.69 Å². The van der Waals surface area contributed by atoms with Crippen molar-refractivity contribution in [2.75, 3.05) is 18.0 Å². The van der Waals surface area contributed by atoms with Crippen molar-refractivity contribution in [1.82, 2.24) is 0 Å². The predicted molar refractivity (Wildman–Crippen MR) is 77.4 cm³/mol. The van der Waals surface area contributed by atoms with Crippen LogP contribution in [0.1, 0.15) is 19.3 Å². The molecule has 0 aliphatic carbocycles. The van der Waals surface area contributed by atoms with Gasteiger partial charge in [-0.25, -0.2) is 0 Å². The lowest BCUT2D eigenvalue weighted by atomic mass is 9.77. The molecular formula is C15H17N3O2. The number of nitro groups is 1. The van der Waals surface area contributed by atoms with E-state index in [4.69, 9.17) is 0 Å². The molecule has 0 N–H and O–H groups in total. The van der Waals surface area contributed by atoms with Gasteiger partial charge in [-0.05, 0) is 31.4 Å². The Morgan fingerprint density at radius 2 is 2.00 bits per heavy atom. The lowest BCUT2D eigenvalue weighted by Gasteiger charge is -2.38. The zero-order valence-electron chi connectivity index (χ0n) is 11.3. The summed E-state index contributed by atoms with van der Waals surface area (Å²) in [5.74, 6) is 0. The van der Waals surface area contributed by atoms with E-state index in [1.54, 1.807) is 12.1 Å². The van der Waals surface area contributed by atoms with Crippen LogP contribution in [0.25, 0.3) is 0 Å². The molecular weight excluding hydrogens is 254 g/mol. The van der Waals surface area contributed by atoms with Crippen molar-refractivity contribution in [2.45, 2.75) is 19.3 Å². The molecule has 104 valence electrons. The minimum absolute atomic E-state index is 0.101. The lowest BCUT2D eigenvalue weighted by molar-refractivity contribution is -0.384. The van der Waals surface area contributed by atoms with Gasteiger partial charge >= 0.3 is 0 Å². The summed E-state index contributed by atoms with van der Waals surface area (Å²) < 4.78 is 0. The third kappa shape index (κ3) is 2.80. The molecule has 0 radical (unpaired) electrons. The van der Waals surface area contributed by atoms with Crippen LogP contribution in [0.5, 0.6) is 0 Å². The van der Waals surface area contributed by atoms with Gasteiger partial charge < -0.3 is 4.90 Å². The van der Waals surface area contributed by atoms with Gasteiger partial charge in [0.15, 0.2) is 0 Å². The predicted octanol–water partition coefficient (Wildman–Crippen LogP) is 3.28. The van der Waals surface area contributed by atoms with Crippen molar-refractivity contribution < 1.29 is 4.92 Å². The van der Waals surface area contributed by atoms with Gasteiger partial charge in [-0.3, -0.25) is 10.1 Å². The van der Waals surface area contributed by atoms with Gasteiger partial charge in [-0.15, -0.1) is 6.58 Å². The summed E-state index contributed by atoms with van der Waals surface area (Å²) in [5.41, 5.74) is 0.781. The summed E-state index contributed by atoms with van der Waals surface area (Å²) in [7, 11) is 0. The molecule has 20 heavy (non-hydrogen) atoms. The maximum Gasteiger partial charge on any atom is 0.269 e. The number of nitrogens with zero attached hydrogens (tertiary/aromatic N) is 3. The van der Waals surface area contributed by atoms with Crippen molar-refractivity contribution in [3.63, 3.8) is 0 Å². The Labute approximate surface area is 118 Å². The number of hydrogen-bond acceptors (Lipinski definition) is 4. The maximum absolute atomic E-state index is 10.6. The zero-order chi connectivity index (χ0) is 14.6. The monoisotopic (exact) mass is 271 g/mol. The molecule has 1 aliphatic heterocycles. The van der Waals surface area contributed by atoms with Gasteiger partial charge in [0.2, 0.25) is 0 Å². The van der Waals surface area contributed by atoms with Crippen molar-refractivity contribution in [3.8, 4) is 6.07 Å². The highest BCUT2D eigenvalue weighted by molar-refractivity contribution is 5.51. The highest BCUT2D eigenvalue weighted by Gasteiger charge is 2.33. The summed E-state index contributed by atoms with van der Waals surface area (Å²) in [6.07, 6.45) is 4.13. The standard InChI is InChI=1S/C15H17N3O2/c1-2-7-15(12-16)8-10-17(11-9-15)13-3-5-14(6-4-13)18(19)20/h2-6H,1,7-11H2. The molecule has 5 nitrogen and oxygen atoms in total. The highest BCUT2D eigenvalue weighted by atomic mass is 16.6. The van der Waals surface area contributed by atoms with E-state index >= 15 is 0 Å². The summed E-state index contributed by atoms with van der Waals surface area (Å²) in [4.78, 5) is 12.4. The normalized spacial score (nSPS) is 17.2. The van der Waals surface area contributed by atoms with Crippen LogP contribution in [0.3, 0.4) is 0 Å². The third-order valence-electron chi connectivity index (χ3n) is 3.92. The Kier molecular flexibility index (Phi) is 4.04. The van der Waals surface area contributed by atoms with E-state index in [9.17, 15) is 15.4 Å². The van der Waals surface area contributed by atoms with Crippen LogP contribution in [0.4, 0.5) is 11.4 Å². The molecule has 2 rings (SSSR count). The quantitative estimate of drug-likeness (QED) is 0.478. The first-order valence-corrected chi connectivity index (χ1v) is 6.62. The smallest absolute Gasteiger partial charge is 0.269 e. The van der Waals surface area contributed by atoms with Crippen LogP contribution in [-0.4, -0.2) is 18.0 Å². The summed E-state index contributed by atoms with van der Waals surface area (Å²) >= 11 is 0. The molecule has 0 saturated carbocycles. The number of anilines is 1. The first-order valence-electron chi connectivity index (χ1n) is 6.62. The van der Waals surface area contributed by atoms with E-state index in [1.165, 1.54) is 12.1 Å². The highest BCUT2D eigenvalue weighted by Crippen LogP contribution is 2.36. The molecule has 0 spiro atoms. The fourth-order valence-corrected chi connectivity index (χ4v) is 2.62. The maximum atomic E-state index is 10.6. The molecule has 1 saturated heterocycles. The van der Waals surface area contributed by atoms with Gasteiger partial charge in [0, 0.05) is 30.9 Å². The third-order valence-corrected chi connectivity index (χ3v) is 3.92. The SMILES string of the molecule is C=CCC1(C#N)CCN(c2ccc([N+](=O)[O-])cc2)CC1. The van der Waals surface area contributed by atoms with Gasteiger partial charge in [-0.2, -0.15) is 5.26 Å². The van der Waals surface area contributed by atoms with E-state index in [0.717, 1.165) is 38.0 Å². The number of allylic oxidation sites excluding steroid dienone is 1. The molecule has 0 aromatic heterocycles. The molecule has 1 aromatic rings. The van der Waals surface area contributed by atoms with E-state index in [0.29, 0.717) is 0 Å². The van der Waals surface area contributed by atoms with Gasteiger partial charge in [-0.1, -0.05) is 6.08 Å². The number of nitriles is 1. The second-order valence-corrected chi connectivity index (χ2v) is 5.15. The lowest BCUT2D eigenvalue weighted by Crippen LogP contribution is -2.39. The average Bonchev–Trinajstić information content (AvgIpc) is 2.48. The molecule has 0 atom stereocenters. The topological polar surface area (TPSA) is 70.2 Å². The Hall–Kier alpha value is -2.35. The molecule has 0 amide bonds. The van der Waals surface area contributed by atoms with Crippen LogP contribution in [0, 0.1) is 26.9 Å². The second kappa shape index (κ2) is 5.74. The summed E-state index contributed by atoms with van der Waals surface area (Å²) in [6, 6.07) is 9.00. The first-order chi connectivity index (χ1) is 9.60. The van der Waals surface area contributed by atoms with Crippen LogP contribution >= 0.6 is 0 Å². The van der Waals surface area contributed by atoms with Crippen LogP contribution in [0.2, 0.25) is 0 Å². The van der Waals surface area contributed by atoms with Crippen molar-refractivity contribution >= 4 is 11.4 Å². The largest absolute Gasteiger partial charge is 0.371 e. The molecule has 0 unspecified atom stereocenters. The van der Waals surface area contributed by atoms with E-state index in [2.05, 4.69) is 17.5 Å². The zero-order valence-corrected chi connectivity index (χ0v) is 11.3. The number of piperidine rings is 1.